The van der Waals surface area contributed by atoms with Gasteiger partial charge in [-0.3, -0.25) is 0 Å². The Labute approximate surface area is 134 Å². The number of aromatic nitrogens is 3. The van der Waals surface area contributed by atoms with E-state index in [1.807, 2.05) is 50.2 Å². The first-order valence-corrected chi connectivity index (χ1v) is 7.33. The summed E-state index contributed by atoms with van der Waals surface area (Å²) in [5.74, 6) is -0.0182. The summed E-state index contributed by atoms with van der Waals surface area (Å²) in [6, 6.07) is 15.1. The summed E-state index contributed by atoms with van der Waals surface area (Å²) in [5.41, 5.74) is 3.94. The van der Waals surface area contributed by atoms with Crippen molar-refractivity contribution in [3.63, 3.8) is 0 Å². The van der Waals surface area contributed by atoms with E-state index in [9.17, 15) is 4.79 Å². The highest BCUT2D eigenvalue weighted by atomic mass is 16.5. The van der Waals surface area contributed by atoms with Gasteiger partial charge in [0.15, 0.2) is 5.69 Å². The summed E-state index contributed by atoms with van der Waals surface area (Å²) in [6.07, 6.45) is 0. The van der Waals surface area contributed by atoms with Gasteiger partial charge < -0.3 is 4.74 Å². The Morgan fingerprint density at radius 1 is 1.00 bits per heavy atom. The molecule has 3 aromatic rings. The minimum Gasteiger partial charge on any atom is -0.422 e. The van der Waals surface area contributed by atoms with Crippen molar-refractivity contribution >= 4 is 5.97 Å². The second-order valence-electron chi connectivity index (χ2n) is 5.48. The molecule has 0 amide bonds. The van der Waals surface area contributed by atoms with E-state index in [1.165, 1.54) is 0 Å². The number of benzene rings is 2. The summed E-state index contributed by atoms with van der Waals surface area (Å²) in [5, 5.41) is 8.04. The van der Waals surface area contributed by atoms with Crippen LogP contribution < -0.4 is 4.74 Å². The SMILES string of the molecule is Cc1ccc(OC(=O)c2nnn(-c3cccc(C)c3)c2C)cc1. The highest BCUT2D eigenvalue weighted by Gasteiger charge is 2.19. The van der Waals surface area contributed by atoms with Crippen molar-refractivity contribution in [3.05, 3.63) is 71.0 Å². The van der Waals surface area contributed by atoms with Gasteiger partial charge in [-0.05, 0) is 50.6 Å². The molecule has 0 aliphatic rings. The molecule has 0 saturated carbocycles. The van der Waals surface area contributed by atoms with Crippen molar-refractivity contribution in [3.8, 4) is 11.4 Å². The van der Waals surface area contributed by atoms with Crippen molar-refractivity contribution in [2.24, 2.45) is 0 Å². The van der Waals surface area contributed by atoms with Crippen LogP contribution in [0.1, 0.15) is 27.3 Å². The second-order valence-corrected chi connectivity index (χ2v) is 5.48. The van der Waals surface area contributed by atoms with E-state index < -0.39 is 5.97 Å². The van der Waals surface area contributed by atoms with Crippen LogP contribution in [0.5, 0.6) is 5.75 Å². The summed E-state index contributed by atoms with van der Waals surface area (Å²) in [6.45, 7) is 5.78. The minimum absolute atomic E-state index is 0.215. The molecule has 0 fully saturated rings. The zero-order valence-electron chi connectivity index (χ0n) is 13.3. The molecule has 0 atom stereocenters. The lowest BCUT2D eigenvalue weighted by molar-refractivity contribution is 0.0727. The maximum atomic E-state index is 12.3. The lowest BCUT2D eigenvalue weighted by Gasteiger charge is -2.05. The Balaban J connectivity index is 1.86. The Bertz CT molecular complexity index is 851. The van der Waals surface area contributed by atoms with Crippen molar-refractivity contribution in [1.82, 2.24) is 15.0 Å². The first-order chi connectivity index (χ1) is 11.0. The number of hydrogen-bond acceptors (Lipinski definition) is 4. The number of hydrogen-bond donors (Lipinski definition) is 0. The summed E-state index contributed by atoms with van der Waals surface area (Å²) >= 11 is 0. The fraction of sp³-hybridized carbons (Fsp3) is 0.167. The van der Waals surface area contributed by atoms with Gasteiger partial charge in [0.25, 0.3) is 0 Å². The van der Waals surface area contributed by atoms with E-state index >= 15 is 0 Å². The van der Waals surface area contributed by atoms with Gasteiger partial charge in [0.2, 0.25) is 0 Å². The number of carbonyl (C=O) groups is 1. The standard InChI is InChI=1S/C18H17N3O2/c1-12-7-9-16(10-8-12)23-18(22)17-14(3)21(20-19-17)15-6-4-5-13(2)11-15/h4-11H,1-3H3. The molecule has 0 aliphatic heterocycles. The zero-order valence-corrected chi connectivity index (χ0v) is 13.3. The average molecular weight is 307 g/mol. The third-order valence-corrected chi connectivity index (χ3v) is 3.57. The number of ether oxygens (including phenoxy) is 1. The molecule has 1 heterocycles. The van der Waals surface area contributed by atoms with Crippen LogP contribution in [-0.4, -0.2) is 21.0 Å². The van der Waals surface area contributed by atoms with Crippen LogP contribution in [0, 0.1) is 20.8 Å². The molecule has 5 nitrogen and oxygen atoms in total. The number of rotatable bonds is 3. The predicted molar refractivity (Wildman–Crippen MR) is 87.0 cm³/mol. The molecule has 0 aliphatic carbocycles. The first-order valence-electron chi connectivity index (χ1n) is 7.33. The highest BCUT2D eigenvalue weighted by molar-refractivity contribution is 5.90. The molecular weight excluding hydrogens is 290 g/mol. The maximum Gasteiger partial charge on any atom is 0.366 e. The number of aryl methyl sites for hydroxylation is 2. The second kappa shape index (κ2) is 6.04. The van der Waals surface area contributed by atoms with Crippen LogP contribution in [0.15, 0.2) is 48.5 Å². The fourth-order valence-corrected chi connectivity index (χ4v) is 2.28. The van der Waals surface area contributed by atoms with Gasteiger partial charge in [0.1, 0.15) is 5.75 Å². The number of carbonyl (C=O) groups excluding carboxylic acids is 1. The van der Waals surface area contributed by atoms with Gasteiger partial charge in [-0.25, -0.2) is 9.48 Å². The zero-order chi connectivity index (χ0) is 16.4. The van der Waals surface area contributed by atoms with Gasteiger partial charge >= 0.3 is 5.97 Å². The van der Waals surface area contributed by atoms with Crippen LogP contribution in [0.3, 0.4) is 0 Å². The molecule has 0 unspecified atom stereocenters. The van der Waals surface area contributed by atoms with Crippen LogP contribution in [0.25, 0.3) is 5.69 Å². The summed E-state index contributed by atoms with van der Waals surface area (Å²) in [7, 11) is 0. The van der Waals surface area contributed by atoms with E-state index in [4.69, 9.17) is 4.74 Å². The summed E-state index contributed by atoms with van der Waals surface area (Å²) < 4.78 is 6.99. The van der Waals surface area contributed by atoms with E-state index in [-0.39, 0.29) is 5.69 Å². The number of nitrogens with zero attached hydrogens (tertiary/aromatic N) is 3. The van der Waals surface area contributed by atoms with Gasteiger partial charge in [0.05, 0.1) is 11.4 Å². The third kappa shape index (κ3) is 3.13. The van der Waals surface area contributed by atoms with Crippen molar-refractivity contribution in [1.29, 1.82) is 0 Å². The quantitative estimate of drug-likeness (QED) is 0.549. The van der Waals surface area contributed by atoms with Crippen LogP contribution in [0.2, 0.25) is 0 Å². The smallest absolute Gasteiger partial charge is 0.366 e. The van der Waals surface area contributed by atoms with Crippen molar-refractivity contribution in [2.45, 2.75) is 20.8 Å². The average Bonchev–Trinajstić information content (AvgIpc) is 2.91. The Hall–Kier alpha value is -2.95. The molecule has 3 rings (SSSR count). The normalized spacial score (nSPS) is 10.6. The van der Waals surface area contributed by atoms with E-state index in [2.05, 4.69) is 10.3 Å². The Morgan fingerprint density at radius 3 is 2.43 bits per heavy atom. The molecular formula is C18H17N3O2. The maximum absolute atomic E-state index is 12.3. The fourth-order valence-electron chi connectivity index (χ4n) is 2.28. The molecule has 0 bridgehead atoms. The molecule has 5 heteroatoms. The van der Waals surface area contributed by atoms with Crippen LogP contribution in [-0.2, 0) is 0 Å². The first kappa shape index (κ1) is 15.0. The van der Waals surface area contributed by atoms with Crippen molar-refractivity contribution in [2.75, 3.05) is 0 Å². The molecule has 0 N–H and O–H groups in total. The number of esters is 1. The minimum atomic E-state index is -0.509. The van der Waals surface area contributed by atoms with Crippen LogP contribution >= 0.6 is 0 Å². The highest BCUT2D eigenvalue weighted by Crippen LogP contribution is 2.17. The van der Waals surface area contributed by atoms with E-state index in [1.54, 1.807) is 23.7 Å². The lowest BCUT2D eigenvalue weighted by Crippen LogP contribution is -2.11. The summed E-state index contributed by atoms with van der Waals surface area (Å²) in [4.78, 5) is 12.3. The molecule has 0 radical (unpaired) electrons. The van der Waals surface area contributed by atoms with E-state index in [0.717, 1.165) is 16.8 Å². The van der Waals surface area contributed by atoms with E-state index in [0.29, 0.717) is 11.4 Å². The molecule has 0 saturated heterocycles. The monoisotopic (exact) mass is 307 g/mol. The Kier molecular flexibility index (Phi) is 3.93. The lowest BCUT2D eigenvalue weighted by atomic mass is 10.2. The van der Waals surface area contributed by atoms with Crippen LogP contribution in [0.4, 0.5) is 0 Å². The molecule has 1 aromatic heterocycles. The van der Waals surface area contributed by atoms with Gasteiger partial charge in [-0.2, -0.15) is 0 Å². The Morgan fingerprint density at radius 2 is 1.74 bits per heavy atom. The largest absolute Gasteiger partial charge is 0.422 e. The third-order valence-electron chi connectivity index (χ3n) is 3.57. The van der Waals surface area contributed by atoms with Gasteiger partial charge in [-0.15, -0.1) is 5.10 Å². The van der Waals surface area contributed by atoms with Gasteiger partial charge in [-0.1, -0.05) is 35.0 Å². The van der Waals surface area contributed by atoms with Gasteiger partial charge in [0, 0.05) is 0 Å². The molecule has 116 valence electrons. The topological polar surface area (TPSA) is 57.0 Å². The predicted octanol–water partition coefficient (Wildman–Crippen LogP) is 3.41. The molecule has 0 spiro atoms. The molecule has 2 aromatic carbocycles. The van der Waals surface area contributed by atoms with Crippen molar-refractivity contribution < 1.29 is 9.53 Å². The molecule has 23 heavy (non-hydrogen) atoms.